The van der Waals surface area contributed by atoms with E-state index in [9.17, 15) is 18.0 Å². The Morgan fingerprint density at radius 3 is 2.43 bits per heavy atom. The van der Waals surface area contributed by atoms with Gasteiger partial charge in [0.2, 0.25) is 11.8 Å². The van der Waals surface area contributed by atoms with Gasteiger partial charge in [0.1, 0.15) is 11.0 Å². The fraction of sp³-hybridized carbons (Fsp3) is 0.385. The van der Waals surface area contributed by atoms with E-state index in [0.717, 1.165) is 0 Å². The van der Waals surface area contributed by atoms with Gasteiger partial charge in [0.05, 0.1) is 0 Å². The average Bonchev–Trinajstić information content (AvgIpc) is 2.44. The molecule has 7 nitrogen and oxygen atoms in total. The summed E-state index contributed by atoms with van der Waals surface area (Å²) in [6, 6.07) is 8.49. The van der Waals surface area contributed by atoms with Gasteiger partial charge in [-0.3, -0.25) is 9.59 Å². The number of sulfone groups is 1. The molecule has 2 amide bonds. The van der Waals surface area contributed by atoms with Crippen LogP contribution in [0.2, 0.25) is 0 Å². The normalized spacial score (nSPS) is 12.5. The topological polar surface area (TPSA) is 118 Å². The van der Waals surface area contributed by atoms with E-state index >= 15 is 0 Å². The maximum Gasteiger partial charge on any atom is 0.239 e. The Balaban J connectivity index is 2.63. The number of carbonyl (C=O) groups is 2. The van der Waals surface area contributed by atoms with Gasteiger partial charge >= 0.3 is 0 Å². The molecule has 1 rings (SSSR count). The smallest absolute Gasteiger partial charge is 0.239 e. The van der Waals surface area contributed by atoms with Crippen LogP contribution in [0.25, 0.3) is 0 Å². The Morgan fingerprint density at radius 1 is 1.24 bits per heavy atom. The van der Waals surface area contributed by atoms with Crippen LogP contribution in [0.4, 0.5) is 5.69 Å². The molecule has 0 bridgehead atoms. The van der Waals surface area contributed by atoms with Gasteiger partial charge < -0.3 is 16.4 Å². The molecule has 116 valence electrons. The van der Waals surface area contributed by atoms with Gasteiger partial charge in [0.15, 0.2) is 9.84 Å². The Morgan fingerprint density at radius 2 is 1.86 bits per heavy atom. The second-order valence-corrected chi connectivity index (χ2v) is 6.76. The van der Waals surface area contributed by atoms with Crippen LogP contribution in [-0.4, -0.2) is 44.3 Å². The number of rotatable bonds is 7. The molecular formula is C13H19N3O4S. The molecule has 0 radical (unpaired) electrons. The van der Waals surface area contributed by atoms with Crippen molar-refractivity contribution in [3.63, 3.8) is 0 Å². The van der Waals surface area contributed by atoms with Crippen LogP contribution >= 0.6 is 0 Å². The summed E-state index contributed by atoms with van der Waals surface area (Å²) in [6.07, 6.45) is 0. The molecule has 1 aromatic carbocycles. The zero-order chi connectivity index (χ0) is 15.9. The van der Waals surface area contributed by atoms with Crippen LogP contribution in [0.3, 0.4) is 0 Å². The minimum absolute atomic E-state index is 0.189. The van der Waals surface area contributed by atoms with Gasteiger partial charge in [-0.2, -0.15) is 0 Å². The van der Waals surface area contributed by atoms with E-state index in [4.69, 9.17) is 5.73 Å². The summed E-state index contributed by atoms with van der Waals surface area (Å²) in [5.74, 6) is -2.09. The van der Waals surface area contributed by atoms with Crippen molar-refractivity contribution in [1.82, 2.24) is 5.32 Å². The molecule has 0 spiro atoms. The molecule has 0 aliphatic rings. The van der Waals surface area contributed by atoms with Gasteiger partial charge in [-0.05, 0) is 19.1 Å². The van der Waals surface area contributed by atoms with E-state index in [1.165, 1.54) is 6.92 Å². The summed E-state index contributed by atoms with van der Waals surface area (Å²) in [5.41, 5.74) is 5.72. The highest BCUT2D eigenvalue weighted by Gasteiger charge is 2.29. The molecule has 21 heavy (non-hydrogen) atoms. The van der Waals surface area contributed by atoms with E-state index in [1.807, 2.05) is 0 Å². The predicted molar refractivity (Wildman–Crippen MR) is 80.4 cm³/mol. The summed E-state index contributed by atoms with van der Waals surface area (Å²) in [4.78, 5) is 23.3. The molecule has 0 fully saturated rings. The summed E-state index contributed by atoms with van der Waals surface area (Å²) in [6.45, 7) is 1.65. The lowest BCUT2D eigenvalue weighted by Gasteiger charge is -2.13. The van der Waals surface area contributed by atoms with Crippen molar-refractivity contribution in [3.8, 4) is 0 Å². The Labute approximate surface area is 123 Å². The first-order valence-corrected chi connectivity index (χ1v) is 8.12. The van der Waals surface area contributed by atoms with Crippen molar-refractivity contribution in [2.24, 2.45) is 5.73 Å². The third-order valence-electron chi connectivity index (χ3n) is 2.74. The summed E-state index contributed by atoms with van der Waals surface area (Å²) < 4.78 is 24.0. The van der Waals surface area contributed by atoms with Crippen molar-refractivity contribution in [1.29, 1.82) is 0 Å². The van der Waals surface area contributed by atoms with E-state index in [1.54, 1.807) is 30.3 Å². The second kappa shape index (κ2) is 7.75. The first kappa shape index (κ1) is 17.1. The number of para-hydroxylation sites is 1. The SMILES string of the molecule is CC(C(=O)NCCN)S(=O)(=O)CC(=O)Nc1ccccc1. The highest BCUT2D eigenvalue weighted by Crippen LogP contribution is 2.07. The number of nitrogens with one attached hydrogen (secondary N) is 2. The van der Waals surface area contributed by atoms with Gasteiger partial charge in [-0.25, -0.2) is 8.42 Å². The number of nitrogens with two attached hydrogens (primary N) is 1. The monoisotopic (exact) mass is 313 g/mol. The van der Waals surface area contributed by atoms with E-state index in [0.29, 0.717) is 5.69 Å². The molecule has 0 aliphatic carbocycles. The molecule has 0 saturated carbocycles. The Hall–Kier alpha value is -1.93. The van der Waals surface area contributed by atoms with Crippen LogP contribution in [0, 0.1) is 0 Å². The number of carbonyl (C=O) groups excluding carboxylic acids is 2. The molecular weight excluding hydrogens is 294 g/mol. The van der Waals surface area contributed by atoms with Crippen molar-refractivity contribution >= 4 is 27.3 Å². The van der Waals surface area contributed by atoms with Crippen molar-refractivity contribution in [2.75, 3.05) is 24.2 Å². The highest BCUT2D eigenvalue weighted by atomic mass is 32.2. The van der Waals surface area contributed by atoms with Crippen molar-refractivity contribution in [3.05, 3.63) is 30.3 Å². The lowest BCUT2D eigenvalue weighted by atomic mass is 10.3. The van der Waals surface area contributed by atoms with Gasteiger partial charge in [-0.1, -0.05) is 18.2 Å². The number of benzene rings is 1. The number of amides is 2. The Bertz CT molecular complexity index is 587. The largest absolute Gasteiger partial charge is 0.354 e. The van der Waals surface area contributed by atoms with E-state index in [2.05, 4.69) is 10.6 Å². The number of hydrogen-bond acceptors (Lipinski definition) is 5. The lowest BCUT2D eigenvalue weighted by molar-refractivity contribution is -0.120. The number of hydrogen-bond donors (Lipinski definition) is 3. The zero-order valence-electron chi connectivity index (χ0n) is 11.7. The number of anilines is 1. The van der Waals surface area contributed by atoms with Crippen LogP contribution < -0.4 is 16.4 Å². The maximum absolute atomic E-state index is 12.0. The fourth-order valence-electron chi connectivity index (χ4n) is 1.53. The predicted octanol–water partition coefficient (Wildman–Crippen LogP) is -0.497. The zero-order valence-corrected chi connectivity index (χ0v) is 12.5. The minimum atomic E-state index is -3.87. The molecule has 4 N–H and O–H groups in total. The third-order valence-corrected chi connectivity index (χ3v) is 4.70. The lowest BCUT2D eigenvalue weighted by Crippen LogP contribution is -2.42. The van der Waals surface area contributed by atoms with Crippen LogP contribution in [0.5, 0.6) is 0 Å². The molecule has 0 aromatic heterocycles. The van der Waals surface area contributed by atoms with Crippen LogP contribution in [0.15, 0.2) is 30.3 Å². The van der Waals surface area contributed by atoms with Crippen LogP contribution in [-0.2, 0) is 19.4 Å². The third kappa shape index (κ3) is 5.52. The highest BCUT2D eigenvalue weighted by molar-refractivity contribution is 7.93. The molecule has 8 heteroatoms. The molecule has 0 saturated heterocycles. The Kier molecular flexibility index (Phi) is 6.32. The summed E-state index contributed by atoms with van der Waals surface area (Å²) in [7, 11) is -3.87. The van der Waals surface area contributed by atoms with E-state index in [-0.39, 0.29) is 13.1 Å². The minimum Gasteiger partial charge on any atom is -0.354 e. The standard InChI is InChI=1S/C13H19N3O4S/c1-10(13(18)15-8-7-14)21(19,20)9-12(17)16-11-5-3-2-4-6-11/h2-6,10H,7-9,14H2,1H3,(H,15,18)(H,16,17). The molecule has 1 atom stereocenters. The fourth-order valence-corrected chi connectivity index (χ4v) is 2.63. The summed E-state index contributed by atoms with van der Waals surface area (Å²) in [5, 5.41) is 3.55. The average molecular weight is 313 g/mol. The maximum atomic E-state index is 12.0. The van der Waals surface area contributed by atoms with Crippen LogP contribution in [0.1, 0.15) is 6.92 Å². The first-order chi connectivity index (χ1) is 9.86. The molecule has 1 aromatic rings. The van der Waals surface area contributed by atoms with E-state index < -0.39 is 32.7 Å². The quantitative estimate of drug-likeness (QED) is 0.627. The van der Waals surface area contributed by atoms with Gasteiger partial charge in [0.25, 0.3) is 0 Å². The van der Waals surface area contributed by atoms with Crippen molar-refractivity contribution < 1.29 is 18.0 Å². The summed E-state index contributed by atoms with van der Waals surface area (Å²) >= 11 is 0. The van der Waals surface area contributed by atoms with Crippen molar-refractivity contribution in [2.45, 2.75) is 12.2 Å². The molecule has 1 unspecified atom stereocenters. The first-order valence-electron chi connectivity index (χ1n) is 6.41. The van der Waals surface area contributed by atoms with Gasteiger partial charge in [-0.15, -0.1) is 0 Å². The second-order valence-electron chi connectivity index (χ2n) is 4.44. The van der Waals surface area contributed by atoms with Gasteiger partial charge in [0, 0.05) is 18.8 Å². The molecule has 0 heterocycles. The molecule has 0 aliphatic heterocycles.